The summed E-state index contributed by atoms with van der Waals surface area (Å²) >= 11 is -1.42. The first-order chi connectivity index (χ1) is 10.2. The lowest BCUT2D eigenvalue weighted by atomic mass is 9.79. The lowest BCUT2D eigenvalue weighted by Crippen LogP contribution is -2.63. The van der Waals surface area contributed by atoms with Gasteiger partial charge in [0.15, 0.2) is 10.6 Å². The highest BCUT2D eigenvalue weighted by Gasteiger charge is 2.62. The Hall–Kier alpha value is -1.05. The van der Waals surface area contributed by atoms with Gasteiger partial charge in [-0.05, 0) is 30.4 Å². The average molecular weight is 329 g/mol. The number of carboxylic acid groups (broad SMARTS) is 1. The number of aliphatic carboxylic acids is 1. The van der Waals surface area contributed by atoms with E-state index in [1.807, 2.05) is 13.8 Å². The van der Waals surface area contributed by atoms with Crippen molar-refractivity contribution in [3.05, 3.63) is 10.6 Å². The normalized spacial score (nSPS) is 30.4. The summed E-state index contributed by atoms with van der Waals surface area (Å²) in [4.78, 5) is 25.3. The Kier molecular flexibility index (Phi) is 4.89. The molecule has 7 heteroatoms. The van der Waals surface area contributed by atoms with Gasteiger partial charge in [0, 0.05) is 5.92 Å². The highest BCUT2D eigenvalue weighted by atomic mass is 32.2. The molecule has 0 aromatic heterocycles. The highest BCUT2D eigenvalue weighted by molar-refractivity contribution is 7.95. The van der Waals surface area contributed by atoms with E-state index in [0.717, 1.165) is 6.42 Å². The first-order valence-electron chi connectivity index (χ1n) is 7.55. The number of β-lactam (4-membered cyclic amide) rings is 1. The van der Waals surface area contributed by atoms with E-state index in [0.29, 0.717) is 16.6 Å². The number of carboxylic acids is 1. The number of aliphatic hydroxyl groups is 1. The minimum atomic E-state index is -1.42. The van der Waals surface area contributed by atoms with E-state index in [-0.39, 0.29) is 17.5 Å². The van der Waals surface area contributed by atoms with Gasteiger partial charge in [0.05, 0.1) is 18.1 Å². The van der Waals surface area contributed by atoms with Gasteiger partial charge in [-0.2, -0.15) is 0 Å². The minimum Gasteiger partial charge on any atom is -0.612 e. The number of rotatable bonds is 6. The van der Waals surface area contributed by atoms with Crippen molar-refractivity contribution in [2.24, 2.45) is 17.8 Å². The Morgan fingerprint density at radius 3 is 2.45 bits per heavy atom. The molecule has 2 N–H and O–H groups in total. The molecule has 1 fully saturated rings. The molecule has 6 nitrogen and oxygen atoms in total. The predicted octanol–water partition coefficient (Wildman–Crippen LogP) is 0.935. The van der Waals surface area contributed by atoms with Gasteiger partial charge in [-0.3, -0.25) is 9.69 Å². The molecule has 0 bridgehead atoms. The summed E-state index contributed by atoms with van der Waals surface area (Å²) in [5, 5.41) is 19.2. The second-order valence-corrected chi connectivity index (χ2v) is 8.04. The average Bonchev–Trinajstić information content (AvgIpc) is 2.65. The van der Waals surface area contributed by atoms with Crippen LogP contribution in [-0.4, -0.2) is 49.4 Å². The summed E-state index contributed by atoms with van der Waals surface area (Å²) in [6, 6.07) is -0.392. The van der Waals surface area contributed by atoms with Crippen LogP contribution in [0.1, 0.15) is 34.1 Å². The Morgan fingerprint density at radius 1 is 1.41 bits per heavy atom. The molecule has 0 aromatic rings. The fraction of sp³-hybridized carbons (Fsp3) is 0.733. The number of carbonyl (C=O) groups excluding carboxylic acids is 1. The lowest BCUT2D eigenvalue weighted by molar-refractivity contribution is -0.163. The van der Waals surface area contributed by atoms with Crippen LogP contribution in [0.4, 0.5) is 0 Å². The Labute approximate surface area is 133 Å². The van der Waals surface area contributed by atoms with Crippen molar-refractivity contribution in [2.75, 3.05) is 5.75 Å². The maximum atomic E-state index is 12.6. The quantitative estimate of drug-likeness (QED) is 0.558. The van der Waals surface area contributed by atoms with Crippen LogP contribution < -0.4 is 0 Å². The van der Waals surface area contributed by atoms with Gasteiger partial charge in [-0.15, -0.1) is 0 Å². The van der Waals surface area contributed by atoms with Crippen LogP contribution >= 0.6 is 0 Å². The van der Waals surface area contributed by atoms with Gasteiger partial charge in [0.2, 0.25) is 5.91 Å². The van der Waals surface area contributed by atoms with Crippen LogP contribution in [0.5, 0.6) is 0 Å². The van der Waals surface area contributed by atoms with Gasteiger partial charge in [-0.1, -0.05) is 20.8 Å². The first-order valence-corrected chi connectivity index (χ1v) is 8.87. The van der Waals surface area contributed by atoms with Crippen molar-refractivity contribution in [2.45, 2.75) is 46.3 Å². The molecular formula is C15H23NO5S. The van der Waals surface area contributed by atoms with Gasteiger partial charge >= 0.3 is 5.97 Å². The van der Waals surface area contributed by atoms with E-state index < -0.39 is 35.2 Å². The molecule has 2 aliphatic rings. The van der Waals surface area contributed by atoms with Gasteiger partial charge in [0.1, 0.15) is 5.75 Å². The van der Waals surface area contributed by atoms with E-state index in [1.54, 1.807) is 6.92 Å². The molecular weight excluding hydrogens is 306 g/mol. The van der Waals surface area contributed by atoms with Crippen molar-refractivity contribution >= 4 is 23.1 Å². The molecule has 0 spiro atoms. The Bertz CT molecular complexity index is 516. The Morgan fingerprint density at radius 2 is 2.00 bits per heavy atom. The van der Waals surface area contributed by atoms with Crippen LogP contribution in [0.15, 0.2) is 10.6 Å². The zero-order valence-electron chi connectivity index (χ0n) is 13.3. The van der Waals surface area contributed by atoms with Crippen LogP contribution in [0.25, 0.3) is 0 Å². The topological polar surface area (TPSA) is 101 Å². The fourth-order valence-electron chi connectivity index (χ4n) is 3.28. The summed E-state index contributed by atoms with van der Waals surface area (Å²) < 4.78 is 12.6. The third-order valence-electron chi connectivity index (χ3n) is 4.44. The Balaban J connectivity index is 2.31. The smallest absolute Gasteiger partial charge is 0.357 e. The first kappa shape index (κ1) is 17.3. The van der Waals surface area contributed by atoms with E-state index in [1.165, 1.54) is 11.8 Å². The van der Waals surface area contributed by atoms with Crippen molar-refractivity contribution in [1.29, 1.82) is 0 Å². The lowest BCUT2D eigenvalue weighted by Gasteiger charge is -2.45. The molecule has 2 heterocycles. The maximum Gasteiger partial charge on any atom is 0.357 e. The number of hydrogen-bond donors (Lipinski definition) is 2. The van der Waals surface area contributed by atoms with Crippen LogP contribution in [0, 0.1) is 17.8 Å². The fourth-order valence-corrected chi connectivity index (χ4v) is 5.14. The highest BCUT2D eigenvalue weighted by Crippen LogP contribution is 2.48. The second-order valence-electron chi connectivity index (χ2n) is 6.50. The molecule has 0 radical (unpaired) electrons. The summed E-state index contributed by atoms with van der Waals surface area (Å²) in [6.45, 7) is 7.35. The SMILES string of the molecule is CC(C)CC[S+]([O-])C1=C(C(=O)O)N2C(=O)[C@H]([C@@H](C)O)[C@H]2[C@H]1C. The van der Waals surface area contributed by atoms with Crippen molar-refractivity contribution in [1.82, 2.24) is 4.90 Å². The number of fused-ring (bicyclic) bond motifs is 1. The van der Waals surface area contributed by atoms with Crippen LogP contribution in [0.2, 0.25) is 0 Å². The van der Waals surface area contributed by atoms with Gasteiger partial charge in [0.25, 0.3) is 0 Å². The molecule has 22 heavy (non-hydrogen) atoms. The summed E-state index contributed by atoms with van der Waals surface area (Å²) in [5.41, 5.74) is -0.138. The largest absolute Gasteiger partial charge is 0.612 e. The van der Waals surface area contributed by atoms with E-state index in [4.69, 9.17) is 0 Å². The van der Waals surface area contributed by atoms with Gasteiger partial charge in [-0.25, -0.2) is 4.79 Å². The van der Waals surface area contributed by atoms with Crippen molar-refractivity contribution < 1.29 is 24.4 Å². The van der Waals surface area contributed by atoms with Crippen LogP contribution in [-0.2, 0) is 20.8 Å². The van der Waals surface area contributed by atoms with E-state index >= 15 is 0 Å². The number of amides is 1. The molecule has 2 aliphatic heterocycles. The molecule has 1 saturated heterocycles. The van der Waals surface area contributed by atoms with Crippen LogP contribution in [0.3, 0.4) is 0 Å². The predicted molar refractivity (Wildman–Crippen MR) is 82.1 cm³/mol. The molecule has 0 aromatic carbocycles. The van der Waals surface area contributed by atoms with E-state index in [9.17, 15) is 24.4 Å². The zero-order chi connectivity index (χ0) is 16.8. The van der Waals surface area contributed by atoms with Crippen molar-refractivity contribution in [3.8, 4) is 0 Å². The summed E-state index contributed by atoms with van der Waals surface area (Å²) in [5.74, 6) is -1.76. The number of nitrogens with zero attached hydrogens (tertiary/aromatic N) is 1. The molecule has 1 unspecified atom stereocenters. The maximum absolute atomic E-state index is 12.6. The zero-order valence-corrected chi connectivity index (χ0v) is 14.1. The molecule has 1 amide bonds. The third kappa shape index (κ3) is 2.66. The summed E-state index contributed by atoms with van der Waals surface area (Å²) in [7, 11) is 0. The standard InChI is InChI=1S/C15H23NO5S/c1-7(2)5-6-22(21)13-8(3)11-10(9(4)17)14(18)16(11)12(13)15(19)20/h7-11,17H,5-6H2,1-4H3,(H,19,20)/t8-,9-,10-,11-,22?/m1/s1. The number of aliphatic hydroxyl groups excluding tert-OH is 1. The number of carbonyl (C=O) groups is 2. The van der Waals surface area contributed by atoms with E-state index in [2.05, 4.69) is 0 Å². The molecule has 0 saturated carbocycles. The molecule has 124 valence electrons. The van der Waals surface area contributed by atoms with Crippen molar-refractivity contribution in [3.63, 3.8) is 0 Å². The summed E-state index contributed by atoms with van der Waals surface area (Å²) in [6.07, 6.45) is -0.108. The van der Waals surface area contributed by atoms with Gasteiger partial charge < -0.3 is 14.8 Å². The molecule has 0 aliphatic carbocycles. The second kappa shape index (κ2) is 6.22. The number of hydrogen-bond acceptors (Lipinski definition) is 4. The molecule has 2 rings (SSSR count). The third-order valence-corrected chi connectivity index (χ3v) is 6.10. The monoisotopic (exact) mass is 329 g/mol. The molecule has 5 atom stereocenters. The minimum absolute atomic E-state index is 0.138.